The molecule has 68 valence electrons. The minimum absolute atomic E-state index is 0.0540. The van der Waals surface area contributed by atoms with Gasteiger partial charge in [-0.2, -0.15) is 0 Å². The van der Waals surface area contributed by atoms with E-state index in [0.29, 0.717) is 25.4 Å². The molecule has 0 aliphatic carbocycles. The molecule has 1 amide bonds. The standard InChI is InChI=1S/C8H13NO3/c1-6-4-7(10)9(5-6)3-2-8(11)12/h6H,2-5H2,1H3,(H,11,12). The van der Waals surface area contributed by atoms with Gasteiger partial charge < -0.3 is 10.0 Å². The van der Waals surface area contributed by atoms with Crippen molar-refractivity contribution >= 4 is 11.9 Å². The van der Waals surface area contributed by atoms with Crippen LogP contribution in [0.4, 0.5) is 0 Å². The third kappa shape index (κ3) is 2.22. The van der Waals surface area contributed by atoms with E-state index in [1.54, 1.807) is 4.90 Å². The van der Waals surface area contributed by atoms with Crippen LogP contribution in [0.25, 0.3) is 0 Å². The normalized spacial score (nSPS) is 23.2. The molecule has 1 atom stereocenters. The lowest BCUT2D eigenvalue weighted by Crippen LogP contribution is -2.27. The Morgan fingerprint density at radius 2 is 2.42 bits per heavy atom. The highest BCUT2D eigenvalue weighted by Gasteiger charge is 2.26. The van der Waals surface area contributed by atoms with Gasteiger partial charge >= 0.3 is 5.97 Å². The number of aliphatic carboxylic acids is 1. The Kier molecular flexibility index (Phi) is 2.68. The van der Waals surface area contributed by atoms with Gasteiger partial charge in [0.2, 0.25) is 5.91 Å². The summed E-state index contributed by atoms with van der Waals surface area (Å²) >= 11 is 0. The molecule has 4 heteroatoms. The number of carbonyl (C=O) groups excluding carboxylic acids is 1. The SMILES string of the molecule is CC1CC(=O)N(CCC(=O)O)C1. The summed E-state index contributed by atoms with van der Waals surface area (Å²) in [6.45, 7) is 3.07. The Bertz CT molecular complexity index is 202. The van der Waals surface area contributed by atoms with E-state index in [1.165, 1.54) is 0 Å². The topological polar surface area (TPSA) is 57.6 Å². The van der Waals surface area contributed by atoms with Gasteiger partial charge in [-0.25, -0.2) is 0 Å². The van der Waals surface area contributed by atoms with Crippen LogP contribution in [0.1, 0.15) is 19.8 Å². The molecule has 1 unspecified atom stereocenters. The first-order valence-corrected chi connectivity index (χ1v) is 4.09. The Hall–Kier alpha value is -1.06. The molecule has 0 aromatic rings. The number of amides is 1. The summed E-state index contributed by atoms with van der Waals surface area (Å²) in [5.74, 6) is -0.377. The summed E-state index contributed by atoms with van der Waals surface area (Å²) in [5.41, 5.74) is 0. The molecule has 0 saturated carbocycles. The third-order valence-corrected chi connectivity index (χ3v) is 2.00. The van der Waals surface area contributed by atoms with Crippen molar-refractivity contribution in [2.45, 2.75) is 19.8 Å². The van der Waals surface area contributed by atoms with E-state index >= 15 is 0 Å². The third-order valence-electron chi connectivity index (χ3n) is 2.00. The van der Waals surface area contributed by atoms with E-state index < -0.39 is 5.97 Å². The van der Waals surface area contributed by atoms with Crippen molar-refractivity contribution in [2.75, 3.05) is 13.1 Å². The second kappa shape index (κ2) is 3.56. The van der Waals surface area contributed by atoms with Gasteiger partial charge in [0.25, 0.3) is 0 Å². The van der Waals surface area contributed by atoms with Crippen LogP contribution in [-0.2, 0) is 9.59 Å². The first-order chi connectivity index (χ1) is 5.59. The lowest BCUT2D eigenvalue weighted by molar-refractivity contribution is -0.137. The van der Waals surface area contributed by atoms with Gasteiger partial charge in [-0.05, 0) is 5.92 Å². The molecule has 4 nitrogen and oxygen atoms in total. The van der Waals surface area contributed by atoms with Gasteiger partial charge in [0.1, 0.15) is 0 Å². The molecule has 0 spiro atoms. The van der Waals surface area contributed by atoms with Crippen LogP contribution in [0.3, 0.4) is 0 Å². The first kappa shape index (κ1) is 9.03. The maximum Gasteiger partial charge on any atom is 0.305 e. The van der Waals surface area contributed by atoms with Crippen molar-refractivity contribution in [3.05, 3.63) is 0 Å². The Labute approximate surface area is 71.2 Å². The zero-order valence-electron chi connectivity index (χ0n) is 7.12. The summed E-state index contributed by atoms with van der Waals surface area (Å²) in [5, 5.41) is 8.39. The van der Waals surface area contributed by atoms with Gasteiger partial charge in [-0.1, -0.05) is 6.92 Å². The van der Waals surface area contributed by atoms with Crippen LogP contribution in [-0.4, -0.2) is 35.0 Å². The van der Waals surface area contributed by atoms with E-state index in [1.807, 2.05) is 6.92 Å². The number of hydrogen-bond donors (Lipinski definition) is 1. The van der Waals surface area contributed by atoms with Crippen molar-refractivity contribution in [1.82, 2.24) is 4.90 Å². The summed E-state index contributed by atoms with van der Waals surface area (Å²) < 4.78 is 0. The molecule has 0 bridgehead atoms. The molecule has 1 heterocycles. The van der Waals surface area contributed by atoms with Crippen molar-refractivity contribution < 1.29 is 14.7 Å². The number of nitrogens with zero attached hydrogens (tertiary/aromatic N) is 1. The Balaban J connectivity index is 2.33. The van der Waals surface area contributed by atoms with E-state index in [4.69, 9.17) is 5.11 Å². The summed E-state index contributed by atoms with van der Waals surface area (Å²) in [7, 11) is 0. The molecule has 0 aromatic carbocycles. The van der Waals surface area contributed by atoms with E-state index in [-0.39, 0.29) is 12.3 Å². The van der Waals surface area contributed by atoms with Crippen LogP contribution >= 0.6 is 0 Å². The molecule has 0 aromatic heterocycles. The second-order valence-electron chi connectivity index (χ2n) is 3.29. The van der Waals surface area contributed by atoms with Crippen LogP contribution in [0.5, 0.6) is 0 Å². The molecule has 1 N–H and O–H groups in total. The average Bonchev–Trinajstić information content (AvgIpc) is 2.26. The second-order valence-corrected chi connectivity index (χ2v) is 3.29. The molecule has 1 fully saturated rings. The van der Waals surface area contributed by atoms with E-state index in [2.05, 4.69) is 0 Å². The predicted molar refractivity (Wildman–Crippen MR) is 42.6 cm³/mol. The van der Waals surface area contributed by atoms with Crippen molar-refractivity contribution in [1.29, 1.82) is 0 Å². The zero-order valence-corrected chi connectivity index (χ0v) is 7.12. The highest BCUT2D eigenvalue weighted by atomic mass is 16.4. The first-order valence-electron chi connectivity index (χ1n) is 4.09. The highest BCUT2D eigenvalue weighted by Crippen LogP contribution is 2.16. The maximum absolute atomic E-state index is 11.1. The van der Waals surface area contributed by atoms with Crippen LogP contribution in [0.2, 0.25) is 0 Å². The predicted octanol–water partition coefficient (Wildman–Crippen LogP) is 0.329. The summed E-state index contributed by atoms with van der Waals surface area (Å²) in [6, 6.07) is 0. The largest absolute Gasteiger partial charge is 0.481 e. The quantitative estimate of drug-likeness (QED) is 0.665. The number of rotatable bonds is 3. The molecule has 1 aliphatic rings. The minimum atomic E-state index is -0.845. The number of likely N-dealkylation sites (tertiary alicyclic amines) is 1. The smallest absolute Gasteiger partial charge is 0.305 e. The molecule has 12 heavy (non-hydrogen) atoms. The molecule has 1 rings (SSSR count). The number of carboxylic acids is 1. The van der Waals surface area contributed by atoms with Crippen LogP contribution < -0.4 is 0 Å². The highest BCUT2D eigenvalue weighted by molar-refractivity contribution is 5.79. The fourth-order valence-corrected chi connectivity index (χ4v) is 1.42. The average molecular weight is 171 g/mol. The van der Waals surface area contributed by atoms with Crippen molar-refractivity contribution in [3.8, 4) is 0 Å². The fourth-order valence-electron chi connectivity index (χ4n) is 1.42. The van der Waals surface area contributed by atoms with Gasteiger partial charge in [-0.3, -0.25) is 9.59 Å². The molecule has 0 radical (unpaired) electrons. The van der Waals surface area contributed by atoms with E-state index in [0.717, 1.165) is 0 Å². The van der Waals surface area contributed by atoms with E-state index in [9.17, 15) is 9.59 Å². The van der Waals surface area contributed by atoms with Gasteiger partial charge in [0, 0.05) is 19.5 Å². The van der Waals surface area contributed by atoms with Crippen LogP contribution in [0.15, 0.2) is 0 Å². The van der Waals surface area contributed by atoms with Gasteiger partial charge in [0.15, 0.2) is 0 Å². The molecular weight excluding hydrogens is 158 g/mol. The molecule has 1 aliphatic heterocycles. The van der Waals surface area contributed by atoms with Crippen molar-refractivity contribution in [2.24, 2.45) is 5.92 Å². The van der Waals surface area contributed by atoms with Crippen LogP contribution in [0, 0.1) is 5.92 Å². The number of carbonyl (C=O) groups is 2. The van der Waals surface area contributed by atoms with Crippen molar-refractivity contribution in [3.63, 3.8) is 0 Å². The number of carboxylic acid groups (broad SMARTS) is 1. The Morgan fingerprint density at radius 1 is 1.75 bits per heavy atom. The fraction of sp³-hybridized carbons (Fsp3) is 0.750. The monoisotopic (exact) mass is 171 g/mol. The molecule has 1 saturated heterocycles. The maximum atomic E-state index is 11.1. The minimum Gasteiger partial charge on any atom is -0.481 e. The lowest BCUT2D eigenvalue weighted by Gasteiger charge is -2.13. The lowest BCUT2D eigenvalue weighted by atomic mass is 10.2. The Morgan fingerprint density at radius 3 is 2.83 bits per heavy atom. The summed E-state index contributed by atoms with van der Waals surface area (Å²) in [6.07, 6.45) is 0.623. The van der Waals surface area contributed by atoms with Gasteiger partial charge in [-0.15, -0.1) is 0 Å². The molecular formula is C8H13NO3. The van der Waals surface area contributed by atoms with Gasteiger partial charge in [0.05, 0.1) is 6.42 Å². The summed E-state index contributed by atoms with van der Waals surface area (Å²) in [4.78, 5) is 23.0. The zero-order chi connectivity index (χ0) is 9.14. The number of hydrogen-bond acceptors (Lipinski definition) is 2.